The summed E-state index contributed by atoms with van der Waals surface area (Å²) in [5.41, 5.74) is 0.871. The molecule has 4 heteroatoms. The van der Waals surface area contributed by atoms with E-state index in [0.29, 0.717) is 11.3 Å². The minimum Gasteiger partial charge on any atom is -0.380 e. The lowest BCUT2D eigenvalue weighted by Crippen LogP contribution is -2.42. The summed E-state index contributed by atoms with van der Waals surface area (Å²) in [5.74, 6) is -0.351. The van der Waals surface area contributed by atoms with Gasteiger partial charge in [0.2, 0.25) is 0 Å². The van der Waals surface area contributed by atoms with Gasteiger partial charge >= 0.3 is 0 Å². The van der Waals surface area contributed by atoms with Crippen LogP contribution in [-0.2, 0) is 4.74 Å². The molecular formula is C16H19FN2O. The van der Waals surface area contributed by atoms with Crippen LogP contribution in [-0.4, -0.2) is 18.2 Å². The second-order valence-electron chi connectivity index (χ2n) is 5.88. The Labute approximate surface area is 118 Å². The summed E-state index contributed by atoms with van der Waals surface area (Å²) in [6.45, 7) is 0.746. The molecule has 1 atom stereocenters. The van der Waals surface area contributed by atoms with E-state index in [1.54, 1.807) is 12.1 Å². The number of halogens is 1. The Kier molecular flexibility index (Phi) is 3.62. The van der Waals surface area contributed by atoms with E-state index in [2.05, 4.69) is 5.32 Å². The zero-order chi connectivity index (χ0) is 14.0. The van der Waals surface area contributed by atoms with Crippen molar-refractivity contribution in [3.8, 4) is 6.07 Å². The van der Waals surface area contributed by atoms with Crippen molar-refractivity contribution in [3.05, 3.63) is 29.6 Å². The molecule has 106 valence electrons. The predicted octanol–water partition coefficient (Wildman–Crippen LogP) is 3.60. The van der Waals surface area contributed by atoms with Gasteiger partial charge in [-0.05, 0) is 43.9 Å². The molecule has 1 aromatic rings. The van der Waals surface area contributed by atoms with Gasteiger partial charge in [0.25, 0.3) is 0 Å². The normalized spacial score (nSPS) is 24.5. The third-order valence-electron chi connectivity index (χ3n) is 4.47. The minimum absolute atomic E-state index is 0.0268. The minimum atomic E-state index is -0.351. The van der Waals surface area contributed by atoms with Gasteiger partial charge in [-0.3, -0.25) is 0 Å². The molecule has 3 nitrogen and oxygen atoms in total. The summed E-state index contributed by atoms with van der Waals surface area (Å²) >= 11 is 0. The molecule has 0 aromatic heterocycles. The molecular weight excluding hydrogens is 255 g/mol. The second kappa shape index (κ2) is 5.41. The first kappa shape index (κ1) is 13.4. The molecule has 0 bridgehead atoms. The van der Waals surface area contributed by atoms with E-state index in [0.717, 1.165) is 32.3 Å². The van der Waals surface area contributed by atoms with E-state index in [-0.39, 0.29) is 17.5 Å². The summed E-state index contributed by atoms with van der Waals surface area (Å²) < 4.78 is 19.9. The van der Waals surface area contributed by atoms with Crippen LogP contribution in [0.2, 0.25) is 0 Å². The van der Waals surface area contributed by atoms with Crippen LogP contribution in [0.1, 0.15) is 44.1 Å². The molecule has 1 aromatic carbocycles. The highest BCUT2D eigenvalue weighted by Gasteiger charge is 2.39. The fraction of sp³-hybridized carbons (Fsp3) is 0.562. The first-order valence-corrected chi connectivity index (χ1v) is 7.31. The van der Waals surface area contributed by atoms with Gasteiger partial charge in [-0.15, -0.1) is 0 Å². The maximum Gasteiger partial charge on any atom is 0.147 e. The summed E-state index contributed by atoms with van der Waals surface area (Å²) in [6.07, 6.45) is 6.57. The van der Waals surface area contributed by atoms with E-state index < -0.39 is 0 Å². The SMILES string of the molecule is N#Cc1ccc(NC2CCOC3(CCCC3)C2)c(F)c1. The molecule has 1 heterocycles. The summed E-state index contributed by atoms with van der Waals surface area (Å²) in [7, 11) is 0. The number of ether oxygens (including phenoxy) is 1. The van der Waals surface area contributed by atoms with Gasteiger partial charge < -0.3 is 10.1 Å². The Morgan fingerprint density at radius 2 is 2.15 bits per heavy atom. The Morgan fingerprint density at radius 1 is 1.35 bits per heavy atom. The highest BCUT2D eigenvalue weighted by atomic mass is 19.1. The zero-order valence-corrected chi connectivity index (χ0v) is 11.5. The molecule has 3 rings (SSSR count). The average Bonchev–Trinajstić information content (AvgIpc) is 2.89. The van der Waals surface area contributed by atoms with E-state index in [1.807, 2.05) is 6.07 Å². The van der Waals surface area contributed by atoms with Crippen molar-refractivity contribution in [1.82, 2.24) is 0 Å². The van der Waals surface area contributed by atoms with E-state index in [9.17, 15) is 4.39 Å². The van der Waals surface area contributed by atoms with Gasteiger partial charge in [0.1, 0.15) is 5.82 Å². The summed E-state index contributed by atoms with van der Waals surface area (Å²) in [4.78, 5) is 0. The van der Waals surface area contributed by atoms with Crippen LogP contribution in [0.25, 0.3) is 0 Å². The van der Waals surface area contributed by atoms with Crippen LogP contribution in [0.3, 0.4) is 0 Å². The summed E-state index contributed by atoms with van der Waals surface area (Å²) in [5, 5.41) is 12.0. The van der Waals surface area contributed by atoms with Crippen LogP contribution >= 0.6 is 0 Å². The Hall–Kier alpha value is -1.60. The van der Waals surface area contributed by atoms with Crippen molar-refractivity contribution in [3.63, 3.8) is 0 Å². The highest BCUT2D eigenvalue weighted by Crippen LogP contribution is 2.40. The van der Waals surface area contributed by atoms with Gasteiger partial charge in [-0.1, -0.05) is 12.8 Å². The number of anilines is 1. The predicted molar refractivity (Wildman–Crippen MR) is 74.9 cm³/mol. The first-order valence-electron chi connectivity index (χ1n) is 7.31. The quantitative estimate of drug-likeness (QED) is 0.896. The topological polar surface area (TPSA) is 45.0 Å². The molecule has 20 heavy (non-hydrogen) atoms. The number of nitrogens with one attached hydrogen (secondary N) is 1. The van der Waals surface area contributed by atoms with Crippen molar-refractivity contribution in [2.45, 2.75) is 50.2 Å². The van der Waals surface area contributed by atoms with E-state index in [4.69, 9.17) is 10.00 Å². The molecule has 1 saturated carbocycles. The highest BCUT2D eigenvalue weighted by molar-refractivity contribution is 5.49. The standard InChI is InChI=1S/C16H19FN2O/c17-14-9-12(11-18)3-4-15(14)19-13-5-8-20-16(10-13)6-1-2-7-16/h3-4,9,13,19H,1-2,5-8,10H2. The number of nitriles is 1. The monoisotopic (exact) mass is 274 g/mol. The van der Waals surface area contributed by atoms with Gasteiger partial charge in [0.15, 0.2) is 0 Å². The van der Waals surface area contributed by atoms with Crippen molar-refractivity contribution >= 4 is 5.69 Å². The Bertz CT molecular complexity index is 532. The fourth-order valence-electron chi connectivity index (χ4n) is 3.44. The molecule has 1 saturated heterocycles. The first-order chi connectivity index (χ1) is 9.71. The molecule has 1 aliphatic heterocycles. The van der Waals surface area contributed by atoms with Crippen LogP contribution in [0.4, 0.5) is 10.1 Å². The summed E-state index contributed by atoms with van der Waals surface area (Å²) in [6, 6.07) is 6.80. The van der Waals surface area contributed by atoms with Crippen molar-refractivity contribution in [1.29, 1.82) is 5.26 Å². The fourth-order valence-corrected chi connectivity index (χ4v) is 3.44. The van der Waals surface area contributed by atoms with Crippen LogP contribution < -0.4 is 5.32 Å². The molecule has 1 spiro atoms. The van der Waals surface area contributed by atoms with E-state index >= 15 is 0 Å². The van der Waals surface area contributed by atoms with E-state index in [1.165, 1.54) is 18.9 Å². The van der Waals surface area contributed by atoms with Gasteiger partial charge in [0, 0.05) is 12.6 Å². The average molecular weight is 274 g/mol. The van der Waals surface area contributed by atoms with Gasteiger partial charge in [-0.25, -0.2) is 4.39 Å². The van der Waals surface area contributed by atoms with Crippen molar-refractivity contribution in [2.24, 2.45) is 0 Å². The lowest BCUT2D eigenvalue weighted by atomic mass is 9.89. The van der Waals surface area contributed by atoms with Crippen molar-refractivity contribution < 1.29 is 9.13 Å². The number of nitrogens with zero attached hydrogens (tertiary/aromatic N) is 1. The number of hydrogen-bond acceptors (Lipinski definition) is 3. The lowest BCUT2D eigenvalue weighted by Gasteiger charge is -2.39. The number of hydrogen-bond donors (Lipinski definition) is 1. The third-order valence-corrected chi connectivity index (χ3v) is 4.47. The van der Waals surface area contributed by atoms with Gasteiger partial charge in [0.05, 0.1) is 22.9 Å². The smallest absolute Gasteiger partial charge is 0.147 e. The molecule has 1 N–H and O–H groups in total. The number of benzene rings is 1. The molecule has 2 fully saturated rings. The maximum absolute atomic E-state index is 13.9. The Balaban J connectivity index is 1.70. The molecule has 0 radical (unpaired) electrons. The number of rotatable bonds is 2. The molecule has 0 amide bonds. The largest absolute Gasteiger partial charge is 0.380 e. The third kappa shape index (κ3) is 2.64. The maximum atomic E-state index is 13.9. The van der Waals surface area contributed by atoms with Crippen LogP contribution in [0.15, 0.2) is 18.2 Å². The molecule has 1 unspecified atom stereocenters. The molecule has 1 aliphatic carbocycles. The van der Waals surface area contributed by atoms with Crippen LogP contribution in [0.5, 0.6) is 0 Å². The van der Waals surface area contributed by atoms with Gasteiger partial charge in [-0.2, -0.15) is 5.26 Å². The lowest BCUT2D eigenvalue weighted by molar-refractivity contribution is -0.0767. The van der Waals surface area contributed by atoms with Crippen LogP contribution in [0, 0.1) is 17.1 Å². The molecule has 2 aliphatic rings. The zero-order valence-electron chi connectivity index (χ0n) is 11.5. The second-order valence-corrected chi connectivity index (χ2v) is 5.88. The van der Waals surface area contributed by atoms with Crippen molar-refractivity contribution in [2.75, 3.05) is 11.9 Å². The Morgan fingerprint density at radius 3 is 2.85 bits per heavy atom.